The molecule has 10 heteroatoms. The number of alkyl carbamates (subject to hydrolysis) is 1. The smallest absolute Gasteiger partial charge is 0.407 e. The van der Waals surface area contributed by atoms with Gasteiger partial charge in [0, 0.05) is 42.8 Å². The molecule has 10 nitrogen and oxygen atoms in total. The van der Waals surface area contributed by atoms with Crippen LogP contribution in [0.3, 0.4) is 0 Å². The van der Waals surface area contributed by atoms with E-state index in [1.807, 2.05) is 49.9 Å². The predicted octanol–water partition coefficient (Wildman–Crippen LogP) is 4.20. The van der Waals surface area contributed by atoms with Crippen LogP contribution in [0.2, 0.25) is 0 Å². The highest BCUT2D eigenvalue weighted by Crippen LogP contribution is 2.25. The lowest BCUT2D eigenvalue weighted by Gasteiger charge is -2.35. The van der Waals surface area contributed by atoms with Crippen LogP contribution in [0, 0.1) is 11.3 Å². The van der Waals surface area contributed by atoms with Crippen LogP contribution in [0.25, 0.3) is 22.3 Å². The number of carbonyl (C=O) groups excluding carboxylic acids is 1. The highest BCUT2D eigenvalue weighted by molar-refractivity contribution is 5.83. The van der Waals surface area contributed by atoms with E-state index in [1.54, 1.807) is 35.2 Å². The highest BCUT2D eigenvalue weighted by atomic mass is 16.6. The minimum Gasteiger partial charge on any atom is -0.444 e. The Kier molecular flexibility index (Phi) is 7.07. The molecule has 3 aromatic heterocycles. The third kappa shape index (κ3) is 5.77. The first-order valence-corrected chi connectivity index (χ1v) is 13.0. The summed E-state index contributed by atoms with van der Waals surface area (Å²) in [6.07, 6.45) is 4.54. The minimum atomic E-state index is -0.598. The number of aromatic amines is 1. The quantitative estimate of drug-likeness (QED) is 0.399. The van der Waals surface area contributed by atoms with Crippen LogP contribution in [-0.2, 0) is 11.3 Å². The molecular weight excluding hydrogens is 494 g/mol. The third-order valence-electron chi connectivity index (χ3n) is 6.59. The largest absolute Gasteiger partial charge is 0.444 e. The molecule has 4 heterocycles. The molecule has 0 saturated carbocycles. The Labute approximate surface area is 226 Å². The van der Waals surface area contributed by atoms with E-state index in [0.29, 0.717) is 35.6 Å². The van der Waals surface area contributed by atoms with E-state index in [2.05, 4.69) is 21.4 Å². The molecule has 1 fully saturated rings. The van der Waals surface area contributed by atoms with Crippen LogP contribution >= 0.6 is 0 Å². The lowest BCUT2D eigenvalue weighted by atomic mass is 10.1. The van der Waals surface area contributed by atoms with Gasteiger partial charge in [0.15, 0.2) is 0 Å². The van der Waals surface area contributed by atoms with Crippen molar-refractivity contribution in [2.24, 2.45) is 0 Å². The average Bonchev–Trinajstić information content (AvgIpc) is 3.35. The number of piperidine rings is 1. The summed E-state index contributed by atoms with van der Waals surface area (Å²) < 4.78 is 7.07. The Morgan fingerprint density at radius 1 is 1.26 bits per heavy atom. The summed E-state index contributed by atoms with van der Waals surface area (Å²) >= 11 is 0. The van der Waals surface area contributed by atoms with Gasteiger partial charge in [0.05, 0.1) is 23.6 Å². The van der Waals surface area contributed by atoms with Crippen molar-refractivity contribution in [1.29, 1.82) is 5.26 Å². The fraction of sp³-hybridized carbons (Fsp3) is 0.345. The van der Waals surface area contributed by atoms with Crippen LogP contribution in [0.15, 0.2) is 59.7 Å². The fourth-order valence-electron chi connectivity index (χ4n) is 4.84. The van der Waals surface area contributed by atoms with Crippen molar-refractivity contribution in [3.63, 3.8) is 0 Å². The van der Waals surface area contributed by atoms with Crippen molar-refractivity contribution >= 4 is 23.1 Å². The monoisotopic (exact) mass is 525 g/mol. The van der Waals surface area contributed by atoms with E-state index >= 15 is 0 Å². The van der Waals surface area contributed by atoms with Gasteiger partial charge in [0.1, 0.15) is 11.2 Å². The van der Waals surface area contributed by atoms with Crippen molar-refractivity contribution in [2.75, 3.05) is 18.0 Å². The van der Waals surface area contributed by atoms with Gasteiger partial charge >= 0.3 is 6.09 Å². The summed E-state index contributed by atoms with van der Waals surface area (Å²) in [7, 11) is 0. The molecule has 0 unspecified atom stereocenters. The van der Waals surface area contributed by atoms with Crippen molar-refractivity contribution in [3.8, 4) is 17.3 Å². The maximum absolute atomic E-state index is 13.9. The topological polar surface area (TPSA) is 129 Å². The first-order valence-electron chi connectivity index (χ1n) is 13.0. The number of nitriles is 1. The highest BCUT2D eigenvalue weighted by Gasteiger charge is 2.28. The van der Waals surface area contributed by atoms with Crippen LogP contribution in [0.5, 0.6) is 0 Å². The van der Waals surface area contributed by atoms with Gasteiger partial charge in [0.25, 0.3) is 5.56 Å². The Bertz CT molecular complexity index is 1600. The van der Waals surface area contributed by atoms with Crippen LogP contribution in [-0.4, -0.2) is 50.3 Å². The molecule has 39 heavy (non-hydrogen) atoms. The zero-order chi connectivity index (χ0) is 27.6. The fourth-order valence-corrected chi connectivity index (χ4v) is 4.84. The van der Waals surface area contributed by atoms with Crippen LogP contribution in [0.1, 0.15) is 44.7 Å². The number of ether oxygens (including phenoxy) is 1. The first-order chi connectivity index (χ1) is 18.7. The average molecular weight is 526 g/mol. The number of nitrogens with one attached hydrogen (secondary N) is 2. The van der Waals surface area contributed by atoms with Gasteiger partial charge in [-0.2, -0.15) is 10.2 Å². The lowest BCUT2D eigenvalue weighted by Crippen LogP contribution is -2.50. The second-order valence-electron chi connectivity index (χ2n) is 10.7. The van der Waals surface area contributed by atoms with E-state index in [0.717, 1.165) is 29.7 Å². The van der Waals surface area contributed by atoms with E-state index < -0.39 is 11.7 Å². The Morgan fingerprint density at radius 3 is 2.82 bits per heavy atom. The minimum absolute atomic E-state index is 0.171. The number of anilines is 1. The summed E-state index contributed by atoms with van der Waals surface area (Å²) in [5, 5.41) is 13.1. The number of H-pyrrole nitrogens is 1. The zero-order valence-corrected chi connectivity index (χ0v) is 22.3. The number of fused-ring (bicyclic) bond motifs is 1. The van der Waals surface area contributed by atoms with Crippen LogP contribution in [0.4, 0.5) is 10.7 Å². The second-order valence-corrected chi connectivity index (χ2v) is 10.7. The van der Waals surface area contributed by atoms with Crippen molar-refractivity contribution in [1.82, 2.24) is 24.8 Å². The number of amides is 1. The van der Waals surface area contributed by atoms with E-state index in [9.17, 15) is 14.9 Å². The van der Waals surface area contributed by atoms with Crippen molar-refractivity contribution < 1.29 is 9.53 Å². The van der Waals surface area contributed by atoms with Gasteiger partial charge in [-0.3, -0.25) is 14.3 Å². The molecule has 5 rings (SSSR count). The molecule has 0 bridgehead atoms. The molecule has 0 radical (unpaired) electrons. The maximum Gasteiger partial charge on any atom is 0.407 e. The molecular formula is C29H31N7O3. The van der Waals surface area contributed by atoms with Gasteiger partial charge in [-0.15, -0.1) is 0 Å². The normalized spacial score (nSPS) is 15.6. The number of benzene rings is 1. The summed E-state index contributed by atoms with van der Waals surface area (Å²) in [5.41, 5.74) is 2.48. The molecule has 0 spiro atoms. The molecule has 200 valence electrons. The van der Waals surface area contributed by atoms with E-state index in [1.165, 1.54) is 0 Å². The van der Waals surface area contributed by atoms with Gasteiger partial charge in [-0.25, -0.2) is 4.79 Å². The van der Waals surface area contributed by atoms with E-state index in [-0.39, 0.29) is 18.1 Å². The maximum atomic E-state index is 13.9. The molecule has 0 aliphatic carbocycles. The van der Waals surface area contributed by atoms with Crippen molar-refractivity contribution in [2.45, 2.75) is 51.8 Å². The molecule has 2 N–H and O–H groups in total. The predicted molar refractivity (Wildman–Crippen MR) is 148 cm³/mol. The number of aromatic nitrogens is 4. The summed E-state index contributed by atoms with van der Waals surface area (Å²) in [6, 6.07) is 14.8. The molecule has 1 amide bonds. The SMILES string of the molecule is CC(C)(C)OC(=O)N[C@@H]1CCCN(c2nc3[nH]c(-c4cccnc4)cc3c(=O)n2Cc2ccccc2C#N)C1. The molecule has 4 aromatic rings. The first kappa shape index (κ1) is 26.0. The van der Waals surface area contributed by atoms with E-state index in [4.69, 9.17) is 9.72 Å². The summed E-state index contributed by atoms with van der Waals surface area (Å²) in [6.45, 7) is 6.80. The standard InChI is InChI=1S/C29H31N7O3/c1-29(2,3)39-28(38)32-22-11-7-13-35(18-22)27-34-25-23(14-24(33-25)20-10-6-12-31-16-20)26(37)36(27)17-21-9-5-4-8-19(21)15-30/h4-6,8-10,12,14,16,22,33H,7,11,13,17-18H2,1-3H3,(H,32,38)/t22-/m1/s1. The number of carbonyl (C=O) groups is 1. The Balaban J connectivity index is 1.55. The molecule has 1 aliphatic heterocycles. The van der Waals surface area contributed by atoms with Gasteiger partial charge in [-0.1, -0.05) is 18.2 Å². The number of pyridine rings is 1. The molecule has 1 atom stereocenters. The van der Waals surface area contributed by atoms with Crippen LogP contribution < -0.4 is 15.8 Å². The molecule has 1 aliphatic rings. The molecule has 1 saturated heterocycles. The second kappa shape index (κ2) is 10.6. The Hall–Kier alpha value is -4.65. The number of rotatable bonds is 5. The van der Waals surface area contributed by atoms with Gasteiger partial charge < -0.3 is 19.9 Å². The van der Waals surface area contributed by atoms with Gasteiger partial charge in [-0.05, 0) is 63.4 Å². The summed E-state index contributed by atoms with van der Waals surface area (Å²) in [4.78, 5) is 40.8. The number of nitrogens with zero attached hydrogens (tertiary/aromatic N) is 5. The third-order valence-corrected chi connectivity index (χ3v) is 6.59. The van der Waals surface area contributed by atoms with Crippen molar-refractivity contribution in [3.05, 3.63) is 76.3 Å². The Morgan fingerprint density at radius 2 is 2.08 bits per heavy atom. The lowest BCUT2D eigenvalue weighted by molar-refractivity contribution is 0.0499. The molecule has 1 aromatic carbocycles. The summed E-state index contributed by atoms with van der Waals surface area (Å²) in [5.74, 6) is 0.482. The zero-order valence-electron chi connectivity index (χ0n) is 22.3. The number of hydrogen-bond donors (Lipinski definition) is 2. The van der Waals surface area contributed by atoms with Gasteiger partial charge in [0.2, 0.25) is 5.95 Å². The number of hydrogen-bond acceptors (Lipinski definition) is 7.